The minimum Gasteiger partial charge on any atom is -0.508 e. The van der Waals surface area contributed by atoms with Crippen molar-refractivity contribution in [1.82, 2.24) is 14.5 Å². The van der Waals surface area contributed by atoms with Crippen LogP contribution in [0.3, 0.4) is 0 Å². The van der Waals surface area contributed by atoms with Crippen LogP contribution in [0.5, 0.6) is 5.75 Å². The number of benzene rings is 3. The monoisotopic (exact) mass is 427 g/mol. The number of aromatic hydroxyl groups is 1. The van der Waals surface area contributed by atoms with Gasteiger partial charge in [-0.1, -0.05) is 36.4 Å². The van der Waals surface area contributed by atoms with Gasteiger partial charge in [0.15, 0.2) is 17.5 Å². The molecule has 3 aromatic carbocycles. The van der Waals surface area contributed by atoms with E-state index in [2.05, 4.69) is 34.2 Å². The minimum absolute atomic E-state index is 0.0489. The van der Waals surface area contributed by atoms with Crippen LogP contribution in [0.15, 0.2) is 79.1 Å². The van der Waals surface area contributed by atoms with Crippen molar-refractivity contribution in [3.05, 3.63) is 102 Å². The number of aryl methyl sites for hydroxylation is 1. The molecule has 0 unspecified atom stereocenters. The summed E-state index contributed by atoms with van der Waals surface area (Å²) >= 11 is 0. The van der Waals surface area contributed by atoms with E-state index in [1.165, 1.54) is 12.1 Å². The van der Waals surface area contributed by atoms with E-state index in [1.807, 2.05) is 36.0 Å². The van der Waals surface area contributed by atoms with Crippen molar-refractivity contribution < 1.29 is 13.9 Å². The Morgan fingerprint density at radius 2 is 1.66 bits per heavy atom. The molecule has 0 amide bonds. The zero-order chi connectivity index (χ0) is 22.2. The molecule has 158 valence electrons. The van der Waals surface area contributed by atoms with E-state index in [0.29, 0.717) is 17.9 Å². The third-order valence-corrected chi connectivity index (χ3v) is 5.46. The van der Waals surface area contributed by atoms with E-state index >= 15 is 0 Å². The molecule has 0 saturated heterocycles. The van der Waals surface area contributed by atoms with Gasteiger partial charge in [-0.3, -0.25) is 0 Å². The fraction of sp³-hybridized carbons (Fsp3) is 0.0769. The molecule has 32 heavy (non-hydrogen) atoms. The summed E-state index contributed by atoms with van der Waals surface area (Å²) in [5, 5.41) is 9.61. The molecule has 0 atom stereocenters. The lowest BCUT2D eigenvalue weighted by Gasteiger charge is -2.10. The largest absolute Gasteiger partial charge is 0.508 e. The highest BCUT2D eigenvalue weighted by molar-refractivity contribution is 5.68. The topological polar surface area (TPSA) is 50.9 Å². The number of halogens is 2. The van der Waals surface area contributed by atoms with Gasteiger partial charge in [0.2, 0.25) is 0 Å². The predicted octanol–water partition coefficient (Wildman–Crippen LogP) is 6.06. The van der Waals surface area contributed by atoms with Crippen molar-refractivity contribution in [2.45, 2.75) is 13.5 Å². The lowest BCUT2D eigenvalue weighted by atomic mass is 9.99. The van der Waals surface area contributed by atoms with Gasteiger partial charge in [-0.2, -0.15) is 0 Å². The van der Waals surface area contributed by atoms with Crippen LogP contribution in [-0.4, -0.2) is 19.6 Å². The molecule has 2 aliphatic rings. The number of hydrogen-bond acceptors (Lipinski definition) is 3. The molecule has 0 aromatic heterocycles. The minimum atomic E-state index is -0.945. The molecule has 0 fully saturated rings. The number of nitrogens with zero attached hydrogens (tertiary/aromatic N) is 3. The van der Waals surface area contributed by atoms with Crippen LogP contribution < -0.4 is 0 Å². The lowest BCUT2D eigenvalue weighted by molar-refractivity contribution is 0.475. The average molecular weight is 427 g/mol. The molecule has 0 aliphatic carbocycles. The molecule has 5 rings (SSSR count). The molecular weight excluding hydrogens is 408 g/mol. The van der Waals surface area contributed by atoms with E-state index in [9.17, 15) is 13.9 Å². The molecule has 6 heteroatoms. The number of phenolic OH excluding ortho intramolecular Hbond substituents is 1. The van der Waals surface area contributed by atoms with E-state index in [1.54, 1.807) is 12.1 Å². The van der Waals surface area contributed by atoms with Crippen molar-refractivity contribution in [2.24, 2.45) is 0 Å². The van der Waals surface area contributed by atoms with Crippen molar-refractivity contribution >= 4 is 0 Å². The van der Waals surface area contributed by atoms with Crippen molar-refractivity contribution in [3.8, 4) is 39.7 Å². The molecule has 0 radical (unpaired) electrons. The van der Waals surface area contributed by atoms with Crippen molar-refractivity contribution in [1.29, 1.82) is 0 Å². The van der Waals surface area contributed by atoms with Gasteiger partial charge < -0.3 is 9.67 Å². The number of aromatic nitrogens is 3. The maximum absolute atomic E-state index is 14.1. The summed E-state index contributed by atoms with van der Waals surface area (Å²) in [6.45, 7) is 2.60. The highest BCUT2D eigenvalue weighted by Crippen LogP contribution is 2.29. The highest BCUT2D eigenvalue weighted by Gasteiger charge is 2.17. The Bertz CT molecular complexity index is 1390. The first-order chi connectivity index (χ1) is 15.5. The van der Waals surface area contributed by atoms with Gasteiger partial charge >= 0.3 is 0 Å². The molecular formula is C26H19F2N3O. The summed E-state index contributed by atoms with van der Waals surface area (Å²) in [5.74, 6) is -1.44. The van der Waals surface area contributed by atoms with E-state index < -0.39 is 11.6 Å². The third kappa shape index (κ3) is 3.71. The van der Waals surface area contributed by atoms with Crippen LogP contribution in [0.1, 0.15) is 11.1 Å². The van der Waals surface area contributed by atoms with Gasteiger partial charge in [0.1, 0.15) is 11.4 Å². The van der Waals surface area contributed by atoms with Crippen LogP contribution in [0.2, 0.25) is 0 Å². The predicted molar refractivity (Wildman–Crippen MR) is 119 cm³/mol. The second kappa shape index (κ2) is 7.89. The number of imidazole rings is 1. The molecule has 0 saturated carbocycles. The van der Waals surface area contributed by atoms with Crippen LogP contribution in [-0.2, 0) is 6.54 Å². The van der Waals surface area contributed by atoms with E-state index in [0.717, 1.165) is 28.3 Å². The zero-order valence-electron chi connectivity index (χ0n) is 17.3. The Balaban J connectivity index is 1.40. The Kier molecular flexibility index (Phi) is 4.90. The Hall–Kier alpha value is -4.06. The van der Waals surface area contributed by atoms with Crippen molar-refractivity contribution in [3.63, 3.8) is 0 Å². The summed E-state index contributed by atoms with van der Waals surface area (Å²) in [6, 6.07) is 19.4. The molecule has 2 heterocycles. The summed E-state index contributed by atoms with van der Waals surface area (Å²) in [4.78, 5) is 8.74. The molecule has 0 spiro atoms. The van der Waals surface area contributed by atoms with Gasteiger partial charge in [0.25, 0.3) is 0 Å². The normalized spacial score (nSPS) is 11.2. The Morgan fingerprint density at radius 3 is 2.44 bits per heavy atom. The molecule has 3 aromatic rings. The summed E-state index contributed by atoms with van der Waals surface area (Å²) in [6.07, 6.45) is 3.74. The summed E-state index contributed by atoms with van der Waals surface area (Å²) in [7, 11) is 0. The fourth-order valence-electron chi connectivity index (χ4n) is 3.82. The number of rotatable bonds is 4. The summed E-state index contributed by atoms with van der Waals surface area (Å²) < 4.78 is 29.6. The van der Waals surface area contributed by atoms with Crippen LogP contribution in [0, 0.1) is 18.6 Å². The quantitative estimate of drug-likeness (QED) is 0.379. The number of hydrogen-bond donors (Lipinski definition) is 1. The Morgan fingerprint density at radius 1 is 0.875 bits per heavy atom. The molecule has 2 aliphatic heterocycles. The number of fused-ring (bicyclic) bond motifs is 1. The molecule has 0 bridgehead atoms. The van der Waals surface area contributed by atoms with Gasteiger partial charge in [-0.05, 0) is 59.5 Å². The van der Waals surface area contributed by atoms with Gasteiger partial charge in [-0.25, -0.2) is 18.7 Å². The average Bonchev–Trinajstić information content (AvgIpc) is 3.19. The molecule has 1 N–H and O–H groups in total. The highest BCUT2D eigenvalue weighted by atomic mass is 19.2. The fourth-order valence-corrected chi connectivity index (χ4v) is 3.82. The Labute approximate surface area is 183 Å². The second-order valence-corrected chi connectivity index (χ2v) is 7.73. The van der Waals surface area contributed by atoms with Gasteiger partial charge in [0.05, 0.1) is 11.3 Å². The summed E-state index contributed by atoms with van der Waals surface area (Å²) in [5.41, 5.74) is 5.56. The number of phenols is 1. The zero-order valence-corrected chi connectivity index (χ0v) is 17.3. The lowest BCUT2D eigenvalue weighted by Crippen LogP contribution is -2.00. The first-order valence-corrected chi connectivity index (χ1v) is 10.1. The van der Waals surface area contributed by atoms with Crippen LogP contribution in [0.4, 0.5) is 8.78 Å². The third-order valence-electron chi connectivity index (χ3n) is 5.46. The van der Waals surface area contributed by atoms with E-state index in [4.69, 9.17) is 0 Å². The van der Waals surface area contributed by atoms with Gasteiger partial charge in [0, 0.05) is 18.9 Å². The number of pyridine rings is 1. The van der Waals surface area contributed by atoms with Gasteiger partial charge in [-0.15, -0.1) is 0 Å². The maximum Gasteiger partial charge on any atom is 0.169 e. The van der Waals surface area contributed by atoms with E-state index in [-0.39, 0.29) is 17.1 Å². The smallest absolute Gasteiger partial charge is 0.169 e. The maximum atomic E-state index is 14.1. The van der Waals surface area contributed by atoms with Crippen LogP contribution >= 0.6 is 0 Å². The van der Waals surface area contributed by atoms with Crippen LogP contribution in [0.25, 0.3) is 33.9 Å². The first kappa shape index (κ1) is 19.9. The molecule has 4 nitrogen and oxygen atoms in total. The van der Waals surface area contributed by atoms with Crippen molar-refractivity contribution in [2.75, 3.05) is 0 Å². The first-order valence-electron chi connectivity index (χ1n) is 10.1. The SMILES string of the molecule is Cc1cc(O)ccc1-c1ccc(Cn2ccc3nc(-c4cccc(F)c4F)nc-3c2)cc1. The standard InChI is InChI=1S/C26H19F2N3O/c1-16-13-19(32)9-10-20(16)18-7-5-17(6-8-18)14-31-12-11-23-24(15-31)30-26(29-23)21-3-2-4-22(27)25(21)28/h2-13,15,32H,14H2,1H3. The second-order valence-electron chi connectivity index (χ2n) is 7.73.